The minimum atomic E-state index is -0.00579. The van der Waals surface area contributed by atoms with Crippen molar-refractivity contribution in [3.8, 4) is 0 Å². The third kappa shape index (κ3) is 3.73. The summed E-state index contributed by atoms with van der Waals surface area (Å²) in [6.07, 6.45) is 7.11. The Morgan fingerprint density at radius 3 is 2.33 bits per heavy atom. The molecule has 2 amide bonds. The summed E-state index contributed by atoms with van der Waals surface area (Å²) in [5.41, 5.74) is 0.0667. The fourth-order valence-corrected chi connectivity index (χ4v) is 2.33. The lowest BCUT2D eigenvalue weighted by Gasteiger charge is -2.37. The maximum Gasteiger partial charge on any atom is 0.315 e. The molecule has 3 heteroatoms. The molecule has 1 fully saturated rings. The van der Waals surface area contributed by atoms with Crippen molar-refractivity contribution in [2.24, 2.45) is 0 Å². The van der Waals surface area contributed by atoms with Crippen molar-refractivity contribution in [2.75, 3.05) is 0 Å². The number of amides is 2. The number of carbonyl (C=O) groups excluding carboxylic acids is 1. The quantitative estimate of drug-likeness (QED) is 0.742. The molecule has 0 saturated heterocycles. The fraction of sp³-hybridized carbons (Fsp3) is 0.917. The normalized spacial score (nSPS) is 20.0. The van der Waals surface area contributed by atoms with Crippen LogP contribution in [0.3, 0.4) is 0 Å². The molecular weight excluding hydrogens is 188 g/mol. The van der Waals surface area contributed by atoms with E-state index in [4.69, 9.17) is 0 Å². The molecule has 0 aliphatic heterocycles. The zero-order valence-corrected chi connectivity index (χ0v) is 10.2. The van der Waals surface area contributed by atoms with Gasteiger partial charge in [-0.2, -0.15) is 0 Å². The molecule has 88 valence electrons. The Bertz CT molecular complexity index is 208. The van der Waals surface area contributed by atoms with Crippen molar-refractivity contribution in [1.82, 2.24) is 10.6 Å². The van der Waals surface area contributed by atoms with Crippen LogP contribution in [-0.4, -0.2) is 17.6 Å². The maximum absolute atomic E-state index is 11.7. The Hall–Kier alpha value is -0.730. The summed E-state index contributed by atoms with van der Waals surface area (Å²) in [6.45, 7) is 6.14. The predicted octanol–water partition coefficient (Wildman–Crippen LogP) is 2.81. The highest BCUT2D eigenvalue weighted by Gasteiger charge is 2.31. The lowest BCUT2D eigenvalue weighted by molar-refractivity contribution is 0.197. The first kappa shape index (κ1) is 12.3. The highest BCUT2D eigenvalue weighted by Crippen LogP contribution is 2.30. The summed E-state index contributed by atoms with van der Waals surface area (Å²) >= 11 is 0. The van der Waals surface area contributed by atoms with Crippen molar-refractivity contribution < 1.29 is 4.79 Å². The van der Waals surface area contributed by atoms with Crippen LogP contribution in [0.15, 0.2) is 0 Å². The van der Waals surface area contributed by atoms with E-state index in [2.05, 4.69) is 17.6 Å². The third-order valence-corrected chi connectivity index (χ3v) is 3.29. The third-order valence-electron chi connectivity index (χ3n) is 3.29. The first-order chi connectivity index (χ1) is 7.08. The number of nitrogens with one attached hydrogen (secondary N) is 2. The molecule has 1 aliphatic rings. The average molecular weight is 212 g/mol. The summed E-state index contributed by atoms with van der Waals surface area (Å²) in [7, 11) is 0. The van der Waals surface area contributed by atoms with Gasteiger partial charge in [-0.15, -0.1) is 0 Å². The van der Waals surface area contributed by atoms with Crippen LogP contribution in [0.1, 0.15) is 59.3 Å². The first-order valence-corrected chi connectivity index (χ1v) is 6.17. The van der Waals surface area contributed by atoms with Crippen molar-refractivity contribution >= 4 is 6.03 Å². The van der Waals surface area contributed by atoms with Crippen LogP contribution in [0.2, 0.25) is 0 Å². The van der Waals surface area contributed by atoms with E-state index in [1.54, 1.807) is 0 Å². The van der Waals surface area contributed by atoms with Gasteiger partial charge in [0.15, 0.2) is 0 Å². The van der Waals surface area contributed by atoms with E-state index in [1.165, 1.54) is 19.3 Å². The van der Waals surface area contributed by atoms with Gasteiger partial charge in [0.25, 0.3) is 0 Å². The molecule has 0 bridgehead atoms. The van der Waals surface area contributed by atoms with Gasteiger partial charge in [0, 0.05) is 11.6 Å². The van der Waals surface area contributed by atoms with Crippen molar-refractivity contribution in [3.63, 3.8) is 0 Å². The highest BCUT2D eigenvalue weighted by atomic mass is 16.2. The summed E-state index contributed by atoms with van der Waals surface area (Å²) in [6, 6.07) is 0.205. The van der Waals surface area contributed by atoms with Crippen LogP contribution in [0, 0.1) is 0 Å². The van der Waals surface area contributed by atoms with E-state index in [0.29, 0.717) is 0 Å². The van der Waals surface area contributed by atoms with E-state index >= 15 is 0 Å². The van der Waals surface area contributed by atoms with Gasteiger partial charge in [-0.05, 0) is 33.1 Å². The zero-order valence-electron chi connectivity index (χ0n) is 10.2. The van der Waals surface area contributed by atoms with E-state index < -0.39 is 0 Å². The largest absolute Gasteiger partial charge is 0.336 e. The zero-order chi connectivity index (χ0) is 11.3. The standard InChI is InChI=1S/C12H24N2O/c1-4-12(8-6-5-7-9-12)14-11(15)13-10(2)3/h10H,4-9H2,1-3H3,(H2,13,14,15). The van der Waals surface area contributed by atoms with E-state index in [-0.39, 0.29) is 17.6 Å². The second-order valence-corrected chi connectivity index (χ2v) is 4.95. The van der Waals surface area contributed by atoms with Crippen molar-refractivity contribution in [1.29, 1.82) is 0 Å². The first-order valence-electron chi connectivity index (χ1n) is 6.17. The summed E-state index contributed by atoms with van der Waals surface area (Å²) in [4.78, 5) is 11.7. The lowest BCUT2D eigenvalue weighted by Crippen LogP contribution is -2.53. The Labute approximate surface area is 93.0 Å². The summed E-state index contributed by atoms with van der Waals surface area (Å²) < 4.78 is 0. The molecule has 15 heavy (non-hydrogen) atoms. The Morgan fingerprint density at radius 2 is 1.87 bits per heavy atom. The van der Waals surface area contributed by atoms with Gasteiger partial charge in [-0.3, -0.25) is 0 Å². The van der Waals surface area contributed by atoms with Crippen molar-refractivity contribution in [3.05, 3.63) is 0 Å². The Balaban J connectivity index is 2.47. The molecule has 0 aromatic carbocycles. The van der Waals surface area contributed by atoms with E-state index in [0.717, 1.165) is 19.3 Å². The summed E-state index contributed by atoms with van der Waals surface area (Å²) in [5, 5.41) is 6.06. The molecule has 0 atom stereocenters. The molecule has 0 unspecified atom stereocenters. The van der Waals surface area contributed by atoms with Gasteiger partial charge in [0.05, 0.1) is 0 Å². The molecule has 3 nitrogen and oxygen atoms in total. The van der Waals surface area contributed by atoms with Gasteiger partial charge in [0.2, 0.25) is 0 Å². The molecule has 0 aromatic rings. The van der Waals surface area contributed by atoms with Crippen LogP contribution in [0.5, 0.6) is 0 Å². The second kappa shape index (κ2) is 5.38. The molecule has 1 saturated carbocycles. The summed E-state index contributed by atoms with van der Waals surface area (Å²) in [5.74, 6) is 0. The van der Waals surface area contributed by atoms with E-state index in [1.807, 2.05) is 13.8 Å². The van der Waals surface area contributed by atoms with Gasteiger partial charge in [-0.25, -0.2) is 4.79 Å². The second-order valence-electron chi connectivity index (χ2n) is 4.95. The average Bonchev–Trinajstić information content (AvgIpc) is 2.17. The maximum atomic E-state index is 11.7. The number of carbonyl (C=O) groups is 1. The lowest BCUT2D eigenvalue weighted by atomic mass is 9.80. The monoisotopic (exact) mass is 212 g/mol. The fourth-order valence-electron chi connectivity index (χ4n) is 2.33. The smallest absolute Gasteiger partial charge is 0.315 e. The molecule has 1 aliphatic carbocycles. The van der Waals surface area contributed by atoms with E-state index in [9.17, 15) is 4.79 Å². The topological polar surface area (TPSA) is 41.1 Å². The molecule has 0 heterocycles. The minimum Gasteiger partial charge on any atom is -0.336 e. The number of hydrogen-bond acceptors (Lipinski definition) is 1. The molecule has 0 spiro atoms. The van der Waals surface area contributed by atoms with Gasteiger partial charge >= 0.3 is 6.03 Å². The van der Waals surface area contributed by atoms with Crippen LogP contribution < -0.4 is 10.6 Å². The Kier molecular flexibility index (Phi) is 4.43. The molecular formula is C12H24N2O. The van der Waals surface area contributed by atoms with Gasteiger partial charge in [0.1, 0.15) is 0 Å². The van der Waals surface area contributed by atoms with Gasteiger partial charge < -0.3 is 10.6 Å². The predicted molar refractivity (Wildman–Crippen MR) is 62.9 cm³/mol. The minimum absolute atomic E-state index is 0.00579. The van der Waals surface area contributed by atoms with Crippen molar-refractivity contribution in [2.45, 2.75) is 70.9 Å². The molecule has 0 aromatic heterocycles. The van der Waals surface area contributed by atoms with Gasteiger partial charge in [-0.1, -0.05) is 26.2 Å². The number of rotatable bonds is 3. The van der Waals surface area contributed by atoms with Crippen LogP contribution >= 0.6 is 0 Å². The SMILES string of the molecule is CCC1(NC(=O)NC(C)C)CCCCC1. The van der Waals surface area contributed by atoms with Crippen LogP contribution in [0.25, 0.3) is 0 Å². The molecule has 1 rings (SSSR count). The number of hydrogen-bond donors (Lipinski definition) is 2. The molecule has 2 N–H and O–H groups in total. The molecule has 0 radical (unpaired) electrons. The van der Waals surface area contributed by atoms with Crippen LogP contribution in [-0.2, 0) is 0 Å². The number of urea groups is 1. The highest BCUT2D eigenvalue weighted by molar-refractivity contribution is 5.75. The Morgan fingerprint density at radius 1 is 1.27 bits per heavy atom. The van der Waals surface area contributed by atoms with Crippen LogP contribution in [0.4, 0.5) is 4.79 Å².